The average molecular weight is 329 g/mol. The fraction of sp³-hybridized carbons (Fsp3) is 0.0909. The summed E-state index contributed by atoms with van der Waals surface area (Å²) < 4.78 is 14.3. The fourth-order valence-electron chi connectivity index (χ4n) is 1.31. The number of halogens is 2. The lowest BCUT2D eigenvalue weighted by Crippen LogP contribution is -1.99. The molecular formula is C11H10BrFN4S. The molecule has 18 heavy (non-hydrogen) atoms. The molecule has 0 saturated carbocycles. The number of anilines is 2. The van der Waals surface area contributed by atoms with Gasteiger partial charge >= 0.3 is 0 Å². The van der Waals surface area contributed by atoms with Crippen LogP contribution in [0, 0.1) is 5.82 Å². The highest BCUT2D eigenvalue weighted by atomic mass is 79.9. The third-order valence-electron chi connectivity index (χ3n) is 2.12. The van der Waals surface area contributed by atoms with Crippen LogP contribution in [0.2, 0.25) is 0 Å². The van der Waals surface area contributed by atoms with E-state index >= 15 is 0 Å². The molecule has 0 fully saturated rings. The van der Waals surface area contributed by atoms with Crippen LogP contribution in [-0.4, -0.2) is 9.97 Å². The lowest BCUT2D eigenvalue weighted by Gasteiger charge is -2.04. The summed E-state index contributed by atoms with van der Waals surface area (Å²) in [6, 6.07) is 6.39. The first-order valence-corrected chi connectivity index (χ1v) is 6.79. The third kappa shape index (κ3) is 3.33. The van der Waals surface area contributed by atoms with Crippen LogP contribution in [-0.2, 0) is 5.75 Å². The predicted molar refractivity (Wildman–Crippen MR) is 74.5 cm³/mol. The fourth-order valence-corrected chi connectivity index (χ4v) is 2.50. The number of thioether (sulfide) groups is 1. The van der Waals surface area contributed by atoms with E-state index in [1.165, 1.54) is 23.9 Å². The number of nitrogens with zero attached hydrogens (tertiary/aromatic N) is 2. The van der Waals surface area contributed by atoms with Crippen molar-refractivity contribution in [2.24, 2.45) is 0 Å². The molecule has 4 N–H and O–H groups in total. The number of rotatable bonds is 3. The highest BCUT2D eigenvalue weighted by Crippen LogP contribution is 2.24. The van der Waals surface area contributed by atoms with Gasteiger partial charge in [-0.05, 0) is 17.7 Å². The zero-order chi connectivity index (χ0) is 13.1. The van der Waals surface area contributed by atoms with Gasteiger partial charge in [-0.2, -0.15) is 0 Å². The number of nitrogen functional groups attached to an aromatic ring is 2. The molecule has 4 nitrogen and oxygen atoms in total. The molecule has 0 saturated heterocycles. The van der Waals surface area contributed by atoms with Gasteiger partial charge in [-0.1, -0.05) is 33.8 Å². The van der Waals surface area contributed by atoms with Gasteiger partial charge in [0.2, 0.25) is 0 Å². The van der Waals surface area contributed by atoms with Crippen LogP contribution in [0.15, 0.2) is 33.9 Å². The largest absolute Gasteiger partial charge is 0.383 e. The first-order valence-electron chi connectivity index (χ1n) is 5.01. The molecule has 0 aliphatic heterocycles. The first kappa shape index (κ1) is 13.1. The van der Waals surface area contributed by atoms with Crippen molar-refractivity contribution in [2.45, 2.75) is 10.9 Å². The molecule has 2 aromatic rings. The topological polar surface area (TPSA) is 77.8 Å². The molecule has 0 radical (unpaired) electrons. The third-order valence-corrected chi connectivity index (χ3v) is 3.51. The summed E-state index contributed by atoms with van der Waals surface area (Å²) in [7, 11) is 0. The van der Waals surface area contributed by atoms with Crippen LogP contribution < -0.4 is 11.5 Å². The summed E-state index contributed by atoms with van der Waals surface area (Å²) in [6.07, 6.45) is 0. The minimum atomic E-state index is -0.270. The summed E-state index contributed by atoms with van der Waals surface area (Å²) in [5.41, 5.74) is 11.7. The molecule has 2 rings (SSSR count). The van der Waals surface area contributed by atoms with E-state index in [2.05, 4.69) is 25.9 Å². The van der Waals surface area contributed by atoms with Gasteiger partial charge in [0, 0.05) is 16.3 Å². The molecule has 1 aromatic carbocycles. The van der Waals surface area contributed by atoms with Crippen LogP contribution in [0.25, 0.3) is 0 Å². The number of benzene rings is 1. The van der Waals surface area contributed by atoms with Gasteiger partial charge in [-0.15, -0.1) is 0 Å². The molecule has 0 amide bonds. The number of nitrogens with two attached hydrogens (primary N) is 2. The summed E-state index contributed by atoms with van der Waals surface area (Å²) >= 11 is 4.49. The van der Waals surface area contributed by atoms with Crippen LogP contribution in [0.3, 0.4) is 0 Å². The maximum Gasteiger partial charge on any atom is 0.191 e. The van der Waals surface area contributed by atoms with Gasteiger partial charge in [0.05, 0.1) is 0 Å². The predicted octanol–water partition coefficient (Wildman–Crippen LogP) is 2.83. The molecule has 0 atom stereocenters. The Hall–Kier alpha value is -1.34. The van der Waals surface area contributed by atoms with E-state index < -0.39 is 0 Å². The van der Waals surface area contributed by atoms with Gasteiger partial charge < -0.3 is 11.5 Å². The Morgan fingerprint density at radius 1 is 1.17 bits per heavy atom. The SMILES string of the molecule is Nc1cc(N)nc(SCc2ccc(Br)cc2F)n1. The zero-order valence-corrected chi connectivity index (χ0v) is 11.6. The average Bonchev–Trinajstić information content (AvgIpc) is 2.26. The van der Waals surface area contributed by atoms with Crippen LogP contribution in [0.1, 0.15) is 5.56 Å². The van der Waals surface area contributed by atoms with E-state index in [1.807, 2.05) is 0 Å². The minimum Gasteiger partial charge on any atom is -0.383 e. The Bertz CT molecular complexity index is 559. The van der Waals surface area contributed by atoms with Crippen molar-refractivity contribution >= 4 is 39.3 Å². The maximum absolute atomic E-state index is 13.6. The van der Waals surface area contributed by atoms with Crippen molar-refractivity contribution in [3.8, 4) is 0 Å². The van der Waals surface area contributed by atoms with Gasteiger partial charge in [0.25, 0.3) is 0 Å². The standard InChI is InChI=1S/C11H10BrFN4S/c12-7-2-1-6(8(13)3-7)5-18-11-16-9(14)4-10(15)17-11/h1-4H,5H2,(H4,14,15,16,17). The summed E-state index contributed by atoms with van der Waals surface area (Å²) in [6.45, 7) is 0. The second-order valence-corrected chi connectivity index (χ2v) is 5.38. The van der Waals surface area contributed by atoms with Crippen molar-refractivity contribution in [3.63, 3.8) is 0 Å². The van der Waals surface area contributed by atoms with Crippen molar-refractivity contribution < 1.29 is 4.39 Å². The second kappa shape index (κ2) is 5.53. The number of hydrogen-bond donors (Lipinski definition) is 2. The Balaban J connectivity index is 2.11. The number of hydrogen-bond acceptors (Lipinski definition) is 5. The second-order valence-electron chi connectivity index (χ2n) is 3.52. The maximum atomic E-state index is 13.6. The van der Waals surface area contributed by atoms with Gasteiger partial charge in [0.15, 0.2) is 5.16 Å². The molecule has 1 heterocycles. The minimum absolute atomic E-state index is 0.270. The Morgan fingerprint density at radius 3 is 2.44 bits per heavy atom. The molecule has 94 valence electrons. The van der Waals surface area contributed by atoms with Crippen molar-refractivity contribution in [1.82, 2.24) is 9.97 Å². The lowest BCUT2D eigenvalue weighted by atomic mass is 10.2. The van der Waals surface area contributed by atoms with E-state index in [-0.39, 0.29) is 5.82 Å². The summed E-state index contributed by atoms with van der Waals surface area (Å²) in [5, 5.41) is 0.440. The highest BCUT2D eigenvalue weighted by molar-refractivity contribution is 9.10. The molecule has 0 unspecified atom stereocenters. The Kier molecular flexibility index (Phi) is 4.03. The number of aromatic nitrogens is 2. The van der Waals surface area contributed by atoms with Crippen molar-refractivity contribution in [3.05, 3.63) is 40.1 Å². The summed E-state index contributed by atoms with van der Waals surface area (Å²) in [4.78, 5) is 8.03. The van der Waals surface area contributed by atoms with E-state index in [4.69, 9.17) is 11.5 Å². The van der Waals surface area contributed by atoms with Crippen LogP contribution >= 0.6 is 27.7 Å². The molecule has 0 aliphatic rings. The molecule has 7 heteroatoms. The van der Waals surface area contributed by atoms with E-state index in [9.17, 15) is 4.39 Å². The quantitative estimate of drug-likeness (QED) is 0.669. The summed E-state index contributed by atoms with van der Waals surface area (Å²) in [5.74, 6) is 0.762. The van der Waals surface area contributed by atoms with E-state index in [0.717, 1.165) is 0 Å². The lowest BCUT2D eigenvalue weighted by molar-refractivity contribution is 0.616. The molecule has 0 spiro atoms. The van der Waals surface area contributed by atoms with E-state index in [1.54, 1.807) is 12.1 Å². The van der Waals surface area contributed by atoms with Crippen LogP contribution in [0.5, 0.6) is 0 Å². The smallest absolute Gasteiger partial charge is 0.191 e. The van der Waals surface area contributed by atoms with E-state index in [0.29, 0.717) is 32.6 Å². The van der Waals surface area contributed by atoms with Gasteiger partial charge in [-0.25, -0.2) is 14.4 Å². The first-order chi connectivity index (χ1) is 8.54. The van der Waals surface area contributed by atoms with Gasteiger partial charge in [0.1, 0.15) is 17.5 Å². The molecular weight excluding hydrogens is 319 g/mol. The van der Waals surface area contributed by atoms with Crippen molar-refractivity contribution in [2.75, 3.05) is 11.5 Å². The normalized spacial score (nSPS) is 10.6. The Morgan fingerprint density at radius 2 is 1.83 bits per heavy atom. The van der Waals surface area contributed by atoms with Gasteiger partial charge in [-0.3, -0.25) is 0 Å². The molecule has 0 bridgehead atoms. The monoisotopic (exact) mass is 328 g/mol. The van der Waals surface area contributed by atoms with Crippen LogP contribution in [0.4, 0.5) is 16.0 Å². The Labute approximate surface area is 116 Å². The van der Waals surface area contributed by atoms with Crippen molar-refractivity contribution in [1.29, 1.82) is 0 Å². The highest BCUT2D eigenvalue weighted by Gasteiger charge is 2.06. The zero-order valence-electron chi connectivity index (χ0n) is 9.23. The molecule has 1 aromatic heterocycles. The molecule has 0 aliphatic carbocycles.